The highest BCUT2D eigenvalue weighted by molar-refractivity contribution is 4.70. The molecule has 0 aromatic carbocycles. The lowest BCUT2D eigenvalue weighted by Crippen LogP contribution is -2.35. The number of rotatable bonds is 6. The number of ether oxygens (including phenoxy) is 1. The first-order valence-electron chi connectivity index (χ1n) is 5.53. The molecule has 0 aliphatic heterocycles. The van der Waals surface area contributed by atoms with Crippen LogP contribution in [0, 0.1) is 5.92 Å². The highest BCUT2D eigenvalue weighted by Crippen LogP contribution is 2.29. The normalized spacial score (nSPS) is 22.4. The van der Waals surface area contributed by atoms with E-state index in [2.05, 4.69) is 19.2 Å². The van der Waals surface area contributed by atoms with Gasteiger partial charge in [-0.2, -0.15) is 0 Å². The van der Waals surface area contributed by atoms with Gasteiger partial charge in [0.25, 0.3) is 0 Å². The predicted molar refractivity (Wildman–Crippen MR) is 55.9 cm³/mol. The largest absolute Gasteiger partial charge is 0.377 e. The van der Waals surface area contributed by atoms with Crippen LogP contribution in [0.3, 0.4) is 0 Å². The molecule has 2 unspecified atom stereocenters. The summed E-state index contributed by atoms with van der Waals surface area (Å²) in [5.41, 5.74) is 0. The number of hydrogen-bond acceptors (Lipinski definition) is 2. The van der Waals surface area contributed by atoms with Gasteiger partial charge in [-0.05, 0) is 33.2 Å². The first-order chi connectivity index (χ1) is 6.24. The van der Waals surface area contributed by atoms with E-state index >= 15 is 0 Å². The molecular formula is C11H23NO. The molecule has 0 bridgehead atoms. The molecule has 1 fully saturated rings. The maximum absolute atomic E-state index is 5.74. The molecule has 78 valence electrons. The monoisotopic (exact) mass is 185 g/mol. The molecule has 2 nitrogen and oxygen atoms in total. The van der Waals surface area contributed by atoms with Crippen LogP contribution in [0.1, 0.15) is 39.5 Å². The van der Waals surface area contributed by atoms with Gasteiger partial charge in [-0.3, -0.25) is 0 Å². The third-order valence-corrected chi connectivity index (χ3v) is 3.29. The summed E-state index contributed by atoms with van der Waals surface area (Å²) in [6.45, 7) is 5.24. The van der Waals surface area contributed by atoms with Gasteiger partial charge in [0.2, 0.25) is 0 Å². The van der Waals surface area contributed by atoms with E-state index in [9.17, 15) is 0 Å². The molecule has 13 heavy (non-hydrogen) atoms. The second-order valence-corrected chi connectivity index (χ2v) is 4.24. The first kappa shape index (κ1) is 11.0. The van der Waals surface area contributed by atoms with Crippen molar-refractivity contribution in [2.24, 2.45) is 5.92 Å². The van der Waals surface area contributed by atoms with Gasteiger partial charge in [-0.25, -0.2) is 0 Å². The third kappa shape index (κ3) is 3.65. The van der Waals surface area contributed by atoms with Crippen LogP contribution in [0.4, 0.5) is 0 Å². The molecule has 0 amide bonds. The Morgan fingerprint density at radius 3 is 2.54 bits per heavy atom. The van der Waals surface area contributed by atoms with E-state index in [1.54, 1.807) is 0 Å². The van der Waals surface area contributed by atoms with Crippen LogP contribution in [0.25, 0.3) is 0 Å². The van der Waals surface area contributed by atoms with Gasteiger partial charge in [0.05, 0.1) is 6.10 Å². The van der Waals surface area contributed by atoms with Crippen molar-refractivity contribution < 1.29 is 4.74 Å². The molecule has 1 N–H and O–H groups in total. The Morgan fingerprint density at radius 2 is 2.08 bits per heavy atom. The van der Waals surface area contributed by atoms with E-state index in [4.69, 9.17) is 4.74 Å². The zero-order valence-corrected chi connectivity index (χ0v) is 9.18. The maximum atomic E-state index is 5.74. The lowest BCUT2D eigenvalue weighted by atomic mass is 9.83. The van der Waals surface area contributed by atoms with Gasteiger partial charge in [0.1, 0.15) is 0 Å². The fraction of sp³-hybridized carbons (Fsp3) is 1.00. The van der Waals surface area contributed by atoms with Crippen molar-refractivity contribution in [3.05, 3.63) is 0 Å². The van der Waals surface area contributed by atoms with E-state index in [0.29, 0.717) is 12.1 Å². The second kappa shape index (κ2) is 5.61. The van der Waals surface area contributed by atoms with Gasteiger partial charge >= 0.3 is 0 Å². The zero-order chi connectivity index (χ0) is 9.68. The summed E-state index contributed by atoms with van der Waals surface area (Å²) in [6, 6.07) is 0.460. The Labute approximate surface area is 82.0 Å². The number of hydrogen-bond donors (Lipinski definition) is 1. The van der Waals surface area contributed by atoms with Crippen molar-refractivity contribution >= 4 is 0 Å². The lowest BCUT2D eigenvalue weighted by Gasteiger charge is -2.26. The molecule has 1 aliphatic rings. The molecule has 0 aromatic heterocycles. The zero-order valence-electron chi connectivity index (χ0n) is 9.18. The minimum atomic E-state index is 0.338. The minimum absolute atomic E-state index is 0.338. The van der Waals surface area contributed by atoms with Gasteiger partial charge in [0, 0.05) is 12.6 Å². The van der Waals surface area contributed by atoms with E-state index in [0.717, 1.165) is 12.5 Å². The Balaban J connectivity index is 1.97. The molecule has 0 aromatic rings. The van der Waals surface area contributed by atoms with Crippen molar-refractivity contribution in [3.8, 4) is 0 Å². The summed E-state index contributed by atoms with van der Waals surface area (Å²) in [6.07, 6.45) is 5.90. The average molecular weight is 185 g/mol. The van der Waals surface area contributed by atoms with E-state index in [1.807, 2.05) is 7.05 Å². The van der Waals surface area contributed by atoms with Crippen LogP contribution in [-0.2, 0) is 4.74 Å². The molecular weight excluding hydrogens is 162 g/mol. The fourth-order valence-corrected chi connectivity index (χ4v) is 1.58. The molecule has 1 saturated carbocycles. The van der Waals surface area contributed by atoms with Gasteiger partial charge in [0.15, 0.2) is 0 Å². The molecule has 0 spiro atoms. The van der Waals surface area contributed by atoms with Crippen molar-refractivity contribution in [1.29, 1.82) is 0 Å². The van der Waals surface area contributed by atoms with Gasteiger partial charge in [-0.15, -0.1) is 0 Å². The summed E-state index contributed by atoms with van der Waals surface area (Å²) in [4.78, 5) is 0. The van der Waals surface area contributed by atoms with E-state index in [-0.39, 0.29) is 0 Å². The van der Waals surface area contributed by atoms with Crippen molar-refractivity contribution in [1.82, 2.24) is 5.32 Å². The molecule has 2 atom stereocenters. The van der Waals surface area contributed by atoms with Gasteiger partial charge in [-0.1, -0.05) is 19.3 Å². The minimum Gasteiger partial charge on any atom is -0.377 e. The fourth-order valence-electron chi connectivity index (χ4n) is 1.58. The van der Waals surface area contributed by atoms with Crippen LogP contribution < -0.4 is 5.32 Å². The Hall–Kier alpha value is -0.0800. The quantitative estimate of drug-likeness (QED) is 0.685. The summed E-state index contributed by atoms with van der Waals surface area (Å²) < 4.78 is 5.74. The Morgan fingerprint density at radius 1 is 1.38 bits per heavy atom. The molecule has 0 heterocycles. The standard InChI is InChI=1S/C11H23NO/c1-9(12-3)10(2)13-8-7-11-5-4-6-11/h9-12H,4-8H2,1-3H3. The van der Waals surface area contributed by atoms with Crippen LogP contribution in [-0.4, -0.2) is 25.8 Å². The van der Waals surface area contributed by atoms with Crippen molar-refractivity contribution in [2.75, 3.05) is 13.7 Å². The summed E-state index contributed by atoms with van der Waals surface area (Å²) in [5, 5.41) is 3.21. The van der Waals surface area contributed by atoms with Crippen LogP contribution in [0.5, 0.6) is 0 Å². The Bertz CT molecular complexity index is 134. The van der Waals surface area contributed by atoms with Crippen LogP contribution in [0.15, 0.2) is 0 Å². The topological polar surface area (TPSA) is 21.3 Å². The highest BCUT2D eigenvalue weighted by atomic mass is 16.5. The predicted octanol–water partition coefficient (Wildman–Crippen LogP) is 2.19. The summed E-state index contributed by atoms with van der Waals surface area (Å²) >= 11 is 0. The molecule has 0 saturated heterocycles. The molecule has 1 aliphatic carbocycles. The van der Waals surface area contributed by atoms with Gasteiger partial charge < -0.3 is 10.1 Å². The second-order valence-electron chi connectivity index (χ2n) is 4.24. The average Bonchev–Trinajstić information content (AvgIpc) is 2.07. The van der Waals surface area contributed by atoms with Crippen LogP contribution >= 0.6 is 0 Å². The lowest BCUT2D eigenvalue weighted by molar-refractivity contribution is 0.0311. The van der Waals surface area contributed by atoms with E-state index in [1.165, 1.54) is 25.7 Å². The summed E-state index contributed by atoms with van der Waals surface area (Å²) in [5.74, 6) is 0.970. The third-order valence-electron chi connectivity index (χ3n) is 3.29. The molecule has 0 radical (unpaired) electrons. The Kier molecular flexibility index (Phi) is 4.74. The van der Waals surface area contributed by atoms with Crippen molar-refractivity contribution in [3.63, 3.8) is 0 Å². The maximum Gasteiger partial charge on any atom is 0.0697 e. The van der Waals surface area contributed by atoms with E-state index < -0.39 is 0 Å². The first-order valence-corrected chi connectivity index (χ1v) is 5.53. The smallest absolute Gasteiger partial charge is 0.0697 e. The SMILES string of the molecule is CNC(C)C(C)OCCC1CCC1. The molecule has 2 heteroatoms. The highest BCUT2D eigenvalue weighted by Gasteiger charge is 2.17. The number of likely N-dealkylation sites (N-methyl/N-ethyl adjacent to an activating group) is 1. The van der Waals surface area contributed by atoms with Crippen molar-refractivity contribution in [2.45, 2.75) is 51.7 Å². The molecule has 1 rings (SSSR count). The summed E-state index contributed by atoms with van der Waals surface area (Å²) in [7, 11) is 1.98. The number of nitrogens with one attached hydrogen (secondary N) is 1. The van der Waals surface area contributed by atoms with Crippen LogP contribution in [0.2, 0.25) is 0 Å².